The van der Waals surface area contributed by atoms with Gasteiger partial charge >= 0.3 is 11.4 Å². The summed E-state index contributed by atoms with van der Waals surface area (Å²) in [6.45, 7) is 1.49. The molecule has 0 saturated carbocycles. The van der Waals surface area contributed by atoms with Gasteiger partial charge in [-0.2, -0.15) is 10.2 Å². The van der Waals surface area contributed by atoms with Gasteiger partial charge in [0, 0.05) is 11.6 Å². The van der Waals surface area contributed by atoms with Crippen LogP contribution in [0, 0.1) is 10.1 Å². The molecule has 136 valence electrons. The van der Waals surface area contributed by atoms with Gasteiger partial charge in [0.1, 0.15) is 0 Å². The van der Waals surface area contributed by atoms with Crippen molar-refractivity contribution in [1.29, 1.82) is 0 Å². The fourth-order valence-corrected chi connectivity index (χ4v) is 2.42. The van der Waals surface area contributed by atoms with Crippen molar-refractivity contribution in [3.05, 3.63) is 54.7 Å². The Balaban J connectivity index is 2.00. The maximum Gasteiger partial charge on any atom is 0.342 e. The van der Waals surface area contributed by atoms with Crippen molar-refractivity contribution < 1.29 is 14.8 Å². The van der Waals surface area contributed by atoms with E-state index in [0.717, 1.165) is 30.1 Å². The monoisotopic (exact) mass is 380 g/mol. The van der Waals surface area contributed by atoms with Crippen LogP contribution in [0.3, 0.4) is 0 Å². The van der Waals surface area contributed by atoms with Crippen molar-refractivity contribution in [2.24, 2.45) is 5.10 Å². The number of benzene rings is 1. The van der Waals surface area contributed by atoms with E-state index in [1.165, 1.54) is 13.0 Å². The summed E-state index contributed by atoms with van der Waals surface area (Å²) in [5.74, 6) is -1.05. The molecule has 0 spiro atoms. The largest absolute Gasteiger partial charge is 0.502 e. The lowest BCUT2D eigenvalue weighted by molar-refractivity contribution is -0.385. The van der Waals surface area contributed by atoms with Crippen LogP contribution in [0.25, 0.3) is 0 Å². The Morgan fingerprint density at radius 1 is 1.50 bits per heavy atom. The number of nitro groups is 1. The molecule has 1 unspecified atom stereocenters. The Morgan fingerprint density at radius 3 is 2.88 bits per heavy atom. The molecule has 0 aliphatic rings. The number of aromatic hydroxyl groups is 1. The summed E-state index contributed by atoms with van der Waals surface area (Å²) in [5.41, 5.74) is 0.520. The summed E-state index contributed by atoms with van der Waals surface area (Å²) in [7, 11) is 0. The summed E-state index contributed by atoms with van der Waals surface area (Å²) in [5, 5.41) is 28.5. The third-order valence-corrected chi connectivity index (χ3v) is 3.99. The molecule has 0 fully saturated rings. The zero-order valence-electron chi connectivity index (χ0n) is 13.1. The first-order chi connectivity index (χ1) is 12.3. The Morgan fingerprint density at radius 2 is 2.23 bits per heavy atom. The number of amides is 1. The summed E-state index contributed by atoms with van der Waals surface area (Å²) < 4.78 is 0. The second kappa shape index (κ2) is 8.06. The van der Waals surface area contributed by atoms with Crippen molar-refractivity contribution in [3.8, 4) is 5.75 Å². The van der Waals surface area contributed by atoms with Crippen LogP contribution in [0.15, 0.2) is 37.9 Å². The zero-order valence-corrected chi connectivity index (χ0v) is 13.9. The Hall–Kier alpha value is -3.48. The molecular formula is C13H12N6O6S. The number of phenolic OH excluding ortho intramolecular Hbond substituents is 1. The molecule has 1 aromatic heterocycles. The number of carbonyl (C=O) groups excluding carboxylic acids is 1. The summed E-state index contributed by atoms with van der Waals surface area (Å²) in [6.07, 6.45) is 1.16. The van der Waals surface area contributed by atoms with Crippen LogP contribution in [-0.2, 0) is 4.79 Å². The highest BCUT2D eigenvalue weighted by Crippen LogP contribution is 2.25. The van der Waals surface area contributed by atoms with E-state index < -0.39 is 38.8 Å². The number of nitrogens with one attached hydrogen (secondary N) is 3. The van der Waals surface area contributed by atoms with Gasteiger partial charge in [-0.3, -0.25) is 24.7 Å². The molecule has 0 saturated heterocycles. The molecule has 0 aliphatic carbocycles. The highest BCUT2D eigenvalue weighted by atomic mass is 32.2. The number of H-pyrrole nitrogens is 2. The lowest BCUT2D eigenvalue weighted by Crippen LogP contribution is -2.30. The van der Waals surface area contributed by atoms with Gasteiger partial charge in [-0.25, -0.2) is 15.3 Å². The van der Waals surface area contributed by atoms with Crippen LogP contribution >= 0.6 is 11.8 Å². The van der Waals surface area contributed by atoms with Gasteiger partial charge in [-0.05, 0) is 19.1 Å². The topological polar surface area (TPSA) is 183 Å². The Bertz CT molecular complexity index is 984. The number of thioether (sulfide) groups is 1. The molecule has 0 aliphatic heterocycles. The lowest BCUT2D eigenvalue weighted by Gasteiger charge is -2.07. The van der Waals surface area contributed by atoms with Gasteiger partial charge in [-0.15, -0.1) is 0 Å². The SMILES string of the molecule is CC(Sc1n[nH]c(=O)[nH]c1=O)C(=O)N/N=C/c1ccc(O)c([N+](=O)[O-])c1. The number of aromatic amines is 2. The van der Waals surface area contributed by atoms with Gasteiger partial charge in [0.05, 0.1) is 16.4 Å². The van der Waals surface area contributed by atoms with Gasteiger partial charge in [0.25, 0.3) is 11.5 Å². The molecule has 13 heteroatoms. The Labute approximate surface area is 148 Å². The van der Waals surface area contributed by atoms with Crippen LogP contribution in [0.2, 0.25) is 0 Å². The third kappa shape index (κ3) is 4.76. The number of carbonyl (C=O) groups is 1. The number of rotatable bonds is 6. The predicted octanol–water partition coefficient (Wildman–Crippen LogP) is -0.297. The fourth-order valence-electron chi connectivity index (χ4n) is 1.67. The van der Waals surface area contributed by atoms with Crippen molar-refractivity contribution in [1.82, 2.24) is 20.6 Å². The van der Waals surface area contributed by atoms with Crippen molar-refractivity contribution >= 4 is 29.6 Å². The quantitative estimate of drug-likeness (QED) is 0.228. The van der Waals surface area contributed by atoms with Crippen LogP contribution in [-0.4, -0.2) is 42.6 Å². The number of aromatic nitrogens is 3. The second-order valence-corrected chi connectivity index (χ2v) is 6.14. The predicted molar refractivity (Wildman–Crippen MR) is 91.3 cm³/mol. The summed E-state index contributed by atoms with van der Waals surface area (Å²) >= 11 is 0.808. The molecule has 0 bridgehead atoms. The molecule has 26 heavy (non-hydrogen) atoms. The number of nitro benzene ring substituents is 1. The minimum Gasteiger partial charge on any atom is -0.502 e. The normalized spacial score (nSPS) is 12.0. The molecule has 2 aromatic rings. The van der Waals surface area contributed by atoms with E-state index in [9.17, 15) is 29.6 Å². The van der Waals surface area contributed by atoms with Crippen LogP contribution in [0.1, 0.15) is 12.5 Å². The maximum absolute atomic E-state index is 11.9. The van der Waals surface area contributed by atoms with E-state index >= 15 is 0 Å². The molecule has 2 rings (SSSR count). The molecule has 1 amide bonds. The van der Waals surface area contributed by atoms with E-state index in [1.807, 2.05) is 10.1 Å². The first kappa shape index (κ1) is 18.9. The molecule has 12 nitrogen and oxygen atoms in total. The van der Waals surface area contributed by atoms with E-state index in [-0.39, 0.29) is 10.6 Å². The standard InChI is InChI=1S/C13H12N6O6S/c1-6(26-12-11(22)15-13(23)18-17-12)10(21)16-14-5-7-2-3-9(20)8(4-7)19(24)25/h2-6,20H,1H3,(H,16,21)(H2,15,18,22,23)/b14-5+. The van der Waals surface area contributed by atoms with E-state index in [1.54, 1.807) is 0 Å². The number of hydrogen-bond acceptors (Lipinski definition) is 9. The van der Waals surface area contributed by atoms with E-state index in [0.29, 0.717) is 0 Å². The van der Waals surface area contributed by atoms with E-state index in [4.69, 9.17) is 0 Å². The molecule has 1 heterocycles. The van der Waals surface area contributed by atoms with Crippen molar-refractivity contribution in [3.63, 3.8) is 0 Å². The molecule has 4 N–H and O–H groups in total. The van der Waals surface area contributed by atoms with Gasteiger partial charge in [-0.1, -0.05) is 11.8 Å². The summed E-state index contributed by atoms with van der Waals surface area (Å²) in [6, 6.07) is 3.60. The second-order valence-electron chi connectivity index (χ2n) is 4.81. The average molecular weight is 380 g/mol. The fraction of sp³-hybridized carbons (Fsp3) is 0.154. The smallest absolute Gasteiger partial charge is 0.342 e. The van der Waals surface area contributed by atoms with Gasteiger partial charge in [0.2, 0.25) is 0 Å². The van der Waals surface area contributed by atoms with Crippen molar-refractivity contribution in [2.75, 3.05) is 0 Å². The van der Waals surface area contributed by atoms with E-state index in [2.05, 4.69) is 15.6 Å². The Kier molecular flexibility index (Phi) is 5.85. The number of phenols is 1. The molecule has 0 radical (unpaired) electrons. The molecule has 1 aromatic carbocycles. The third-order valence-electron chi connectivity index (χ3n) is 2.92. The van der Waals surface area contributed by atoms with Crippen LogP contribution in [0.5, 0.6) is 5.75 Å². The minimum atomic E-state index is -0.763. The van der Waals surface area contributed by atoms with Crippen molar-refractivity contribution in [2.45, 2.75) is 17.2 Å². The minimum absolute atomic E-state index is 0.0922. The average Bonchev–Trinajstić information content (AvgIpc) is 2.58. The first-order valence-corrected chi connectivity index (χ1v) is 7.82. The molecule has 1 atom stereocenters. The zero-order chi connectivity index (χ0) is 19.3. The number of hydrogen-bond donors (Lipinski definition) is 4. The lowest BCUT2D eigenvalue weighted by atomic mass is 10.2. The number of nitrogens with zero attached hydrogens (tertiary/aromatic N) is 3. The molecular weight excluding hydrogens is 368 g/mol. The maximum atomic E-state index is 11.9. The first-order valence-electron chi connectivity index (χ1n) is 6.94. The van der Waals surface area contributed by atoms with Gasteiger partial charge in [0.15, 0.2) is 10.8 Å². The highest BCUT2D eigenvalue weighted by Gasteiger charge is 2.17. The van der Waals surface area contributed by atoms with Crippen LogP contribution in [0.4, 0.5) is 5.69 Å². The number of hydrazone groups is 1. The van der Waals surface area contributed by atoms with Crippen LogP contribution < -0.4 is 16.7 Å². The van der Waals surface area contributed by atoms with Gasteiger partial charge < -0.3 is 5.11 Å². The highest BCUT2D eigenvalue weighted by molar-refractivity contribution is 8.00. The summed E-state index contributed by atoms with van der Waals surface area (Å²) in [4.78, 5) is 46.3.